The number of piperazine rings is 1. The Kier molecular flexibility index (Phi) is 5.56. The van der Waals surface area contributed by atoms with Crippen LogP contribution in [0.25, 0.3) is 5.69 Å². The van der Waals surface area contributed by atoms with Crippen molar-refractivity contribution in [2.75, 3.05) is 36.4 Å². The lowest BCUT2D eigenvalue weighted by Crippen LogP contribution is -2.49. The van der Waals surface area contributed by atoms with E-state index in [-0.39, 0.29) is 5.91 Å². The molecule has 1 aliphatic rings. The van der Waals surface area contributed by atoms with E-state index in [0.717, 1.165) is 49.6 Å². The summed E-state index contributed by atoms with van der Waals surface area (Å²) in [6.45, 7) is 5.26. The lowest BCUT2D eigenvalue weighted by Gasteiger charge is -2.35. The minimum absolute atomic E-state index is 0.260. The van der Waals surface area contributed by atoms with E-state index in [1.165, 1.54) is 5.56 Å². The fourth-order valence-corrected chi connectivity index (χ4v) is 3.25. The van der Waals surface area contributed by atoms with Gasteiger partial charge in [-0.05, 0) is 25.5 Å². The largest absolute Gasteiger partial charge is 0.339 e. The summed E-state index contributed by atoms with van der Waals surface area (Å²) in [4.78, 5) is 20.9. The van der Waals surface area contributed by atoms with E-state index in [4.69, 9.17) is 0 Å². The van der Waals surface area contributed by atoms with Crippen LogP contribution in [0.15, 0.2) is 36.7 Å². The minimum atomic E-state index is 0.260. The molecule has 1 aromatic carbocycles. The van der Waals surface area contributed by atoms with E-state index in [0.29, 0.717) is 6.42 Å². The van der Waals surface area contributed by atoms with Crippen molar-refractivity contribution < 1.29 is 4.79 Å². The number of aromatic nitrogens is 2. The number of rotatable bonds is 5. The quantitative estimate of drug-likeness (QED) is 0.736. The topological polar surface area (TPSA) is 41.4 Å². The summed E-state index contributed by atoms with van der Waals surface area (Å²) in [6, 6.07) is 8.44. The fraction of sp³-hybridized carbons (Fsp3) is 0.444. The molecule has 1 fully saturated rings. The Morgan fingerprint density at radius 1 is 1.17 bits per heavy atom. The second-order valence-corrected chi connectivity index (χ2v) is 6.89. The third-order valence-electron chi connectivity index (χ3n) is 4.37. The number of benzene rings is 1. The number of hydrogen-bond donors (Lipinski definition) is 0. The number of imidazole rings is 1. The third-order valence-corrected chi connectivity index (χ3v) is 4.93. The predicted octanol–water partition coefficient (Wildman–Crippen LogP) is 3.00. The van der Waals surface area contributed by atoms with Gasteiger partial charge in [-0.3, -0.25) is 9.36 Å². The SMILES string of the molecule is Cc1ccc(-n2ccnc2N2CCN(C(=O)CCCBr)CC2)cc1. The second kappa shape index (κ2) is 7.83. The Hall–Kier alpha value is -1.82. The highest BCUT2D eigenvalue weighted by Crippen LogP contribution is 2.20. The van der Waals surface area contributed by atoms with Crippen molar-refractivity contribution in [3.8, 4) is 5.69 Å². The van der Waals surface area contributed by atoms with Crippen molar-refractivity contribution in [3.05, 3.63) is 42.2 Å². The van der Waals surface area contributed by atoms with Gasteiger partial charge in [-0.25, -0.2) is 4.98 Å². The van der Waals surface area contributed by atoms with Crippen LogP contribution in [-0.2, 0) is 4.79 Å². The zero-order chi connectivity index (χ0) is 16.9. The van der Waals surface area contributed by atoms with Gasteiger partial charge in [-0.15, -0.1) is 0 Å². The average Bonchev–Trinajstić information content (AvgIpc) is 3.10. The van der Waals surface area contributed by atoms with Gasteiger partial charge in [0.15, 0.2) is 0 Å². The molecule has 0 N–H and O–H groups in total. The van der Waals surface area contributed by atoms with Crippen LogP contribution < -0.4 is 4.90 Å². The first-order chi connectivity index (χ1) is 11.7. The maximum atomic E-state index is 12.1. The number of carbonyl (C=O) groups excluding carboxylic acids is 1. The Balaban J connectivity index is 1.66. The molecule has 0 atom stereocenters. The third kappa shape index (κ3) is 3.80. The van der Waals surface area contributed by atoms with Gasteiger partial charge >= 0.3 is 0 Å². The molecular weight excluding hydrogens is 368 g/mol. The van der Waals surface area contributed by atoms with Crippen molar-refractivity contribution >= 4 is 27.8 Å². The predicted molar refractivity (Wildman–Crippen MR) is 100 cm³/mol. The number of aryl methyl sites for hydroxylation is 1. The molecule has 24 heavy (non-hydrogen) atoms. The summed E-state index contributed by atoms with van der Waals surface area (Å²) in [5.74, 6) is 1.21. The van der Waals surface area contributed by atoms with Crippen molar-refractivity contribution in [1.82, 2.24) is 14.5 Å². The monoisotopic (exact) mass is 390 g/mol. The Bertz CT molecular complexity index is 675. The molecule has 1 aromatic heterocycles. The van der Waals surface area contributed by atoms with Gasteiger partial charge in [0.05, 0.1) is 0 Å². The van der Waals surface area contributed by atoms with E-state index in [1.54, 1.807) is 0 Å². The molecule has 2 aromatic rings. The highest BCUT2D eigenvalue weighted by atomic mass is 79.9. The first-order valence-electron chi connectivity index (χ1n) is 8.38. The molecule has 1 saturated heterocycles. The normalized spacial score (nSPS) is 14.9. The maximum absolute atomic E-state index is 12.1. The van der Waals surface area contributed by atoms with Gasteiger partial charge in [-0.1, -0.05) is 33.6 Å². The second-order valence-electron chi connectivity index (χ2n) is 6.09. The van der Waals surface area contributed by atoms with E-state index in [1.807, 2.05) is 17.3 Å². The number of hydrogen-bond acceptors (Lipinski definition) is 3. The molecule has 0 aliphatic carbocycles. The van der Waals surface area contributed by atoms with E-state index >= 15 is 0 Å². The smallest absolute Gasteiger partial charge is 0.222 e. The fourth-order valence-electron chi connectivity index (χ4n) is 2.97. The van der Waals surface area contributed by atoms with Crippen LogP contribution in [0, 0.1) is 6.92 Å². The van der Waals surface area contributed by atoms with E-state index < -0.39 is 0 Å². The molecule has 0 radical (unpaired) electrons. The average molecular weight is 391 g/mol. The lowest BCUT2D eigenvalue weighted by atomic mass is 10.2. The van der Waals surface area contributed by atoms with Crippen LogP contribution in [0.3, 0.4) is 0 Å². The molecular formula is C18H23BrN4O. The molecule has 1 aliphatic heterocycles. The zero-order valence-electron chi connectivity index (χ0n) is 14.0. The lowest BCUT2D eigenvalue weighted by molar-refractivity contribution is -0.131. The Morgan fingerprint density at radius 3 is 2.54 bits per heavy atom. The number of alkyl halides is 1. The summed E-state index contributed by atoms with van der Waals surface area (Å²) in [5, 5.41) is 0.882. The van der Waals surface area contributed by atoms with Gasteiger partial charge in [0.25, 0.3) is 0 Å². The van der Waals surface area contributed by atoms with Gasteiger partial charge < -0.3 is 9.80 Å². The number of carbonyl (C=O) groups is 1. The van der Waals surface area contributed by atoms with Crippen LogP contribution in [0.4, 0.5) is 5.95 Å². The maximum Gasteiger partial charge on any atom is 0.222 e. The highest BCUT2D eigenvalue weighted by molar-refractivity contribution is 9.09. The van der Waals surface area contributed by atoms with Crippen LogP contribution in [0.5, 0.6) is 0 Å². The number of amides is 1. The van der Waals surface area contributed by atoms with Crippen LogP contribution in [0.1, 0.15) is 18.4 Å². The zero-order valence-corrected chi connectivity index (χ0v) is 15.6. The van der Waals surface area contributed by atoms with Crippen LogP contribution in [-0.4, -0.2) is 51.9 Å². The Morgan fingerprint density at radius 2 is 1.88 bits per heavy atom. The summed E-state index contributed by atoms with van der Waals surface area (Å²) < 4.78 is 2.11. The van der Waals surface area contributed by atoms with Gasteiger partial charge in [0.2, 0.25) is 11.9 Å². The van der Waals surface area contributed by atoms with Gasteiger partial charge in [0, 0.05) is 56.0 Å². The summed E-state index contributed by atoms with van der Waals surface area (Å²) in [7, 11) is 0. The Labute approximate surface area is 151 Å². The van der Waals surface area contributed by atoms with Crippen LogP contribution in [0.2, 0.25) is 0 Å². The van der Waals surface area contributed by atoms with Crippen molar-refractivity contribution in [2.45, 2.75) is 19.8 Å². The van der Waals surface area contributed by atoms with Crippen molar-refractivity contribution in [3.63, 3.8) is 0 Å². The molecule has 128 valence electrons. The van der Waals surface area contributed by atoms with Crippen molar-refractivity contribution in [2.24, 2.45) is 0 Å². The molecule has 0 saturated carbocycles. The molecule has 0 unspecified atom stereocenters. The molecule has 1 amide bonds. The first kappa shape index (κ1) is 17.0. The summed E-state index contributed by atoms with van der Waals surface area (Å²) in [6.07, 6.45) is 5.36. The molecule has 0 bridgehead atoms. The first-order valence-corrected chi connectivity index (χ1v) is 9.50. The number of anilines is 1. The van der Waals surface area contributed by atoms with Gasteiger partial charge in [0.1, 0.15) is 0 Å². The van der Waals surface area contributed by atoms with E-state index in [2.05, 4.69) is 61.6 Å². The molecule has 6 heteroatoms. The van der Waals surface area contributed by atoms with Crippen LogP contribution >= 0.6 is 15.9 Å². The summed E-state index contributed by atoms with van der Waals surface area (Å²) in [5.41, 5.74) is 2.36. The number of halogens is 1. The summed E-state index contributed by atoms with van der Waals surface area (Å²) >= 11 is 3.38. The standard InChI is InChI=1S/C18H23BrN4O/c1-15-4-6-16(7-5-15)23-10-9-20-18(23)22-13-11-21(12-14-22)17(24)3-2-8-19/h4-7,9-10H,2-3,8,11-14H2,1H3. The minimum Gasteiger partial charge on any atom is -0.339 e. The van der Waals surface area contributed by atoms with Crippen molar-refractivity contribution in [1.29, 1.82) is 0 Å². The molecule has 0 spiro atoms. The number of nitrogens with zero attached hydrogens (tertiary/aromatic N) is 4. The molecule has 3 rings (SSSR count). The molecule has 2 heterocycles. The molecule has 5 nitrogen and oxygen atoms in total. The van der Waals surface area contributed by atoms with Gasteiger partial charge in [-0.2, -0.15) is 0 Å². The van der Waals surface area contributed by atoms with E-state index in [9.17, 15) is 4.79 Å². The highest BCUT2D eigenvalue weighted by Gasteiger charge is 2.23.